The number of nitrogens with zero attached hydrogens (tertiary/aromatic N) is 3. The number of hydrogen-bond donors (Lipinski definition) is 2. The van der Waals surface area contributed by atoms with E-state index in [0.29, 0.717) is 32.1 Å². The van der Waals surface area contributed by atoms with Gasteiger partial charge in [0.1, 0.15) is 12.4 Å². The van der Waals surface area contributed by atoms with E-state index >= 15 is 0 Å². The zero-order valence-corrected chi connectivity index (χ0v) is 9.70. The topological polar surface area (TPSA) is 111 Å². The van der Waals surface area contributed by atoms with Gasteiger partial charge in [0.2, 0.25) is 0 Å². The van der Waals surface area contributed by atoms with Crippen LogP contribution in [-0.4, -0.2) is 46.9 Å². The third kappa shape index (κ3) is 2.43. The molecule has 0 aliphatic carbocycles. The summed E-state index contributed by atoms with van der Waals surface area (Å²) in [5.74, 6) is -0.842. The summed E-state index contributed by atoms with van der Waals surface area (Å²) in [4.78, 5) is 28.3. The molecule has 0 bridgehead atoms. The Morgan fingerprint density at radius 1 is 1.50 bits per heavy atom. The largest absolute Gasteiger partial charge is 0.480 e. The summed E-state index contributed by atoms with van der Waals surface area (Å²) in [5, 5.41) is 8.84. The van der Waals surface area contributed by atoms with Crippen LogP contribution in [0.1, 0.15) is 0 Å². The Balaban J connectivity index is 2.41. The highest BCUT2D eigenvalue weighted by molar-refractivity contribution is 5.67. The molecule has 1 aliphatic heterocycles. The van der Waals surface area contributed by atoms with Gasteiger partial charge < -0.3 is 20.5 Å². The lowest BCUT2D eigenvalue weighted by atomic mass is 10.4. The minimum Gasteiger partial charge on any atom is -0.480 e. The van der Waals surface area contributed by atoms with Crippen LogP contribution in [0.5, 0.6) is 0 Å². The van der Waals surface area contributed by atoms with Gasteiger partial charge in [-0.25, -0.2) is 4.98 Å². The first-order valence-electron chi connectivity index (χ1n) is 5.49. The van der Waals surface area contributed by atoms with E-state index in [1.807, 2.05) is 4.90 Å². The average Bonchev–Trinajstić information content (AvgIpc) is 2.36. The highest BCUT2D eigenvalue weighted by Gasteiger charge is 2.18. The van der Waals surface area contributed by atoms with Crippen LogP contribution < -0.4 is 16.2 Å². The zero-order valence-electron chi connectivity index (χ0n) is 9.70. The molecule has 1 aromatic rings. The van der Waals surface area contributed by atoms with Gasteiger partial charge in [-0.1, -0.05) is 0 Å². The minimum absolute atomic E-state index is 0.201. The summed E-state index contributed by atoms with van der Waals surface area (Å²) in [6.45, 7) is 1.81. The molecule has 8 heteroatoms. The van der Waals surface area contributed by atoms with Crippen molar-refractivity contribution < 1.29 is 14.6 Å². The van der Waals surface area contributed by atoms with Crippen LogP contribution >= 0.6 is 0 Å². The molecule has 2 heterocycles. The van der Waals surface area contributed by atoms with Gasteiger partial charge >= 0.3 is 5.97 Å². The molecule has 0 atom stereocenters. The number of anilines is 2. The first-order valence-corrected chi connectivity index (χ1v) is 5.49. The van der Waals surface area contributed by atoms with Crippen molar-refractivity contribution in [2.24, 2.45) is 0 Å². The first kappa shape index (κ1) is 12.4. The summed E-state index contributed by atoms with van der Waals surface area (Å²) >= 11 is 0. The van der Waals surface area contributed by atoms with Crippen LogP contribution in [0.2, 0.25) is 0 Å². The summed E-state index contributed by atoms with van der Waals surface area (Å²) < 4.78 is 6.33. The SMILES string of the molecule is Nc1ncc(N2CCOCC2)n(CC(=O)O)c1=O. The van der Waals surface area contributed by atoms with Gasteiger partial charge in [-0.2, -0.15) is 0 Å². The number of hydrogen-bond acceptors (Lipinski definition) is 6. The Labute approximate surface area is 103 Å². The van der Waals surface area contributed by atoms with E-state index in [-0.39, 0.29) is 5.82 Å². The number of aromatic nitrogens is 2. The fourth-order valence-corrected chi connectivity index (χ4v) is 1.83. The predicted octanol–water partition coefficient (Wildman–Crippen LogP) is -1.25. The molecule has 0 saturated carbocycles. The molecule has 1 saturated heterocycles. The molecule has 1 aromatic heterocycles. The minimum atomic E-state index is -1.10. The van der Waals surface area contributed by atoms with Crippen molar-refractivity contribution in [3.8, 4) is 0 Å². The summed E-state index contributed by atoms with van der Waals surface area (Å²) in [6, 6.07) is 0. The Bertz CT molecular complexity index is 507. The number of nitrogens with two attached hydrogens (primary N) is 1. The second-order valence-electron chi connectivity index (χ2n) is 3.89. The number of nitrogen functional groups attached to an aromatic ring is 1. The number of carbonyl (C=O) groups is 1. The van der Waals surface area contributed by atoms with E-state index in [1.54, 1.807) is 0 Å². The Morgan fingerprint density at radius 3 is 2.78 bits per heavy atom. The van der Waals surface area contributed by atoms with Gasteiger partial charge in [-0.05, 0) is 0 Å². The molecular formula is C10H14N4O4. The molecule has 1 fully saturated rings. The van der Waals surface area contributed by atoms with Crippen molar-refractivity contribution in [3.05, 3.63) is 16.6 Å². The van der Waals surface area contributed by atoms with Gasteiger partial charge in [-0.3, -0.25) is 14.2 Å². The van der Waals surface area contributed by atoms with Crippen LogP contribution in [0.15, 0.2) is 11.0 Å². The lowest BCUT2D eigenvalue weighted by Gasteiger charge is -2.30. The molecule has 0 radical (unpaired) electrons. The number of carboxylic acids is 1. The van der Waals surface area contributed by atoms with Crippen molar-refractivity contribution in [3.63, 3.8) is 0 Å². The molecular weight excluding hydrogens is 240 g/mol. The highest BCUT2D eigenvalue weighted by Crippen LogP contribution is 2.13. The van der Waals surface area contributed by atoms with Crippen molar-refractivity contribution in [2.75, 3.05) is 36.9 Å². The van der Waals surface area contributed by atoms with Gasteiger partial charge in [0.25, 0.3) is 5.56 Å². The van der Waals surface area contributed by atoms with Gasteiger partial charge in [0.05, 0.1) is 19.4 Å². The maximum absolute atomic E-state index is 11.8. The summed E-state index contributed by atoms with van der Waals surface area (Å²) in [5.41, 5.74) is 4.83. The van der Waals surface area contributed by atoms with Crippen LogP contribution in [0.4, 0.5) is 11.6 Å². The van der Waals surface area contributed by atoms with E-state index in [4.69, 9.17) is 15.6 Å². The quantitative estimate of drug-likeness (QED) is 0.693. The van der Waals surface area contributed by atoms with Gasteiger partial charge in [-0.15, -0.1) is 0 Å². The Hall–Kier alpha value is -2.09. The molecule has 3 N–H and O–H groups in total. The third-order valence-electron chi connectivity index (χ3n) is 2.69. The fraction of sp³-hybridized carbons (Fsp3) is 0.500. The Kier molecular flexibility index (Phi) is 3.47. The van der Waals surface area contributed by atoms with Crippen LogP contribution in [0, 0.1) is 0 Å². The van der Waals surface area contributed by atoms with E-state index in [2.05, 4.69) is 4.98 Å². The van der Waals surface area contributed by atoms with Gasteiger partial charge in [0.15, 0.2) is 5.82 Å². The molecule has 0 unspecified atom stereocenters. The maximum Gasteiger partial charge on any atom is 0.323 e. The van der Waals surface area contributed by atoms with Crippen molar-refractivity contribution >= 4 is 17.6 Å². The number of morpholine rings is 1. The van der Waals surface area contributed by atoms with Crippen LogP contribution in [-0.2, 0) is 16.1 Å². The fourth-order valence-electron chi connectivity index (χ4n) is 1.83. The maximum atomic E-state index is 11.8. The lowest BCUT2D eigenvalue weighted by Crippen LogP contribution is -2.41. The first-order chi connectivity index (χ1) is 8.59. The second-order valence-corrected chi connectivity index (χ2v) is 3.89. The number of aliphatic carboxylic acids is 1. The molecule has 0 amide bonds. The summed E-state index contributed by atoms with van der Waals surface area (Å²) in [6.07, 6.45) is 1.42. The van der Waals surface area contributed by atoms with Crippen molar-refractivity contribution in [1.82, 2.24) is 9.55 Å². The van der Waals surface area contributed by atoms with E-state index in [0.717, 1.165) is 4.57 Å². The van der Waals surface area contributed by atoms with Gasteiger partial charge in [0, 0.05) is 13.1 Å². The number of ether oxygens (including phenoxy) is 1. The van der Waals surface area contributed by atoms with E-state index < -0.39 is 18.1 Å². The smallest absolute Gasteiger partial charge is 0.323 e. The third-order valence-corrected chi connectivity index (χ3v) is 2.69. The molecule has 18 heavy (non-hydrogen) atoms. The van der Waals surface area contributed by atoms with Crippen LogP contribution in [0.25, 0.3) is 0 Å². The molecule has 2 rings (SSSR count). The monoisotopic (exact) mass is 254 g/mol. The van der Waals surface area contributed by atoms with E-state index in [1.165, 1.54) is 6.20 Å². The second kappa shape index (κ2) is 5.05. The predicted molar refractivity (Wildman–Crippen MR) is 63.6 cm³/mol. The molecule has 0 aromatic carbocycles. The molecule has 0 spiro atoms. The number of rotatable bonds is 3. The van der Waals surface area contributed by atoms with Crippen molar-refractivity contribution in [1.29, 1.82) is 0 Å². The summed E-state index contributed by atoms with van der Waals surface area (Å²) in [7, 11) is 0. The lowest BCUT2D eigenvalue weighted by molar-refractivity contribution is -0.137. The van der Waals surface area contributed by atoms with Crippen LogP contribution in [0.3, 0.4) is 0 Å². The normalized spacial score (nSPS) is 15.7. The average molecular weight is 254 g/mol. The highest BCUT2D eigenvalue weighted by atomic mass is 16.5. The Morgan fingerprint density at radius 2 is 2.17 bits per heavy atom. The number of carboxylic acid groups (broad SMARTS) is 1. The van der Waals surface area contributed by atoms with Crippen molar-refractivity contribution in [2.45, 2.75) is 6.54 Å². The molecule has 1 aliphatic rings. The standard InChI is InChI=1S/C10H14N4O4/c11-9-10(17)14(6-8(15)16)7(5-12-9)13-1-3-18-4-2-13/h5H,1-4,6H2,(H2,11,12)(H,15,16). The van der Waals surface area contributed by atoms with E-state index in [9.17, 15) is 9.59 Å². The molecule has 98 valence electrons. The zero-order chi connectivity index (χ0) is 13.1. The molecule has 8 nitrogen and oxygen atoms in total.